The summed E-state index contributed by atoms with van der Waals surface area (Å²) in [5.74, 6) is -2.79. The number of Topliss-reactive ketones (excluding diaryl/α,β-unsaturated/α-hetero) is 1. The number of benzene rings is 2. The summed E-state index contributed by atoms with van der Waals surface area (Å²) in [6.07, 6.45) is -10.0. The van der Waals surface area contributed by atoms with Crippen LogP contribution in [0.1, 0.15) is 28.9 Å². The maximum absolute atomic E-state index is 13.3. The molecule has 172 valence electrons. The van der Waals surface area contributed by atoms with Crippen LogP contribution in [0, 0.1) is 0 Å². The van der Waals surface area contributed by atoms with Crippen LogP contribution in [0.2, 0.25) is 0 Å². The summed E-state index contributed by atoms with van der Waals surface area (Å²) in [5, 5.41) is 69.7. The molecule has 0 saturated carbocycles. The van der Waals surface area contributed by atoms with E-state index in [9.17, 15) is 40.5 Å². The van der Waals surface area contributed by atoms with E-state index in [4.69, 9.17) is 14.2 Å². The van der Waals surface area contributed by atoms with Gasteiger partial charge in [0.1, 0.15) is 41.1 Å². The molecule has 1 fully saturated rings. The van der Waals surface area contributed by atoms with Gasteiger partial charge in [-0.05, 0) is 24.6 Å². The van der Waals surface area contributed by atoms with E-state index in [2.05, 4.69) is 0 Å². The molecule has 2 aromatic rings. The summed E-state index contributed by atoms with van der Waals surface area (Å²) in [6.45, 7) is 1.44. The zero-order valence-corrected chi connectivity index (χ0v) is 16.7. The first kappa shape index (κ1) is 22.1. The minimum Gasteiger partial charge on any atom is -0.508 e. The predicted molar refractivity (Wildman–Crippen MR) is 104 cm³/mol. The average molecular weight is 450 g/mol. The Labute approximate surface area is 181 Å². The second kappa shape index (κ2) is 8.11. The van der Waals surface area contributed by atoms with Gasteiger partial charge in [0.2, 0.25) is 5.78 Å². The first-order chi connectivity index (χ1) is 15.1. The van der Waals surface area contributed by atoms with E-state index in [0.29, 0.717) is 0 Å². The number of carbonyl (C=O) groups is 1. The van der Waals surface area contributed by atoms with Gasteiger partial charge in [0.25, 0.3) is 0 Å². The highest BCUT2D eigenvalue weighted by atomic mass is 16.7. The predicted octanol–water partition coefficient (Wildman–Crippen LogP) is 0.0381. The number of fused-ring (bicyclic) bond motifs is 1. The largest absolute Gasteiger partial charge is 0.508 e. The van der Waals surface area contributed by atoms with Crippen LogP contribution in [0.4, 0.5) is 0 Å². The molecule has 2 aromatic carbocycles. The smallest absolute Gasteiger partial charge is 0.203 e. The van der Waals surface area contributed by atoms with Gasteiger partial charge < -0.3 is 50.0 Å². The molecule has 0 amide bonds. The molecule has 2 aliphatic heterocycles. The van der Waals surface area contributed by atoms with Gasteiger partial charge in [0.05, 0.1) is 6.10 Å². The number of phenolic OH excluding ortho intramolecular Hbond substituents is 4. The van der Waals surface area contributed by atoms with Crippen LogP contribution in [0.25, 0.3) is 0 Å². The standard InChI is InChI=1S/C21H22O11/c1-7-15(26)17(28)18(29)21(30-7)32-20-16(27)14-12(25)5-9(22)6-13(14)31-19(20)8-2-3-10(23)11(24)4-8/h2-7,15,17-26,28-29H,1H3/t7-,15-,17-,18-,19+,20-,21-/m0/s1. The molecular weight excluding hydrogens is 428 g/mol. The van der Waals surface area contributed by atoms with Gasteiger partial charge in [-0.3, -0.25) is 4.79 Å². The Hall–Kier alpha value is -3.09. The summed E-state index contributed by atoms with van der Waals surface area (Å²) in [6, 6.07) is 5.72. The van der Waals surface area contributed by atoms with E-state index in [1.807, 2.05) is 0 Å². The Morgan fingerprint density at radius 3 is 2.28 bits per heavy atom. The van der Waals surface area contributed by atoms with E-state index in [-0.39, 0.29) is 22.6 Å². The number of hydrogen-bond acceptors (Lipinski definition) is 11. The van der Waals surface area contributed by atoms with E-state index in [1.54, 1.807) is 0 Å². The highest BCUT2D eigenvalue weighted by Gasteiger charge is 2.48. The Bertz CT molecular complexity index is 1040. The quantitative estimate of drug-likeness (QED) is 0.313. The zero-order valence-electron chi connectivity index (χ0n) is 16.7. The van der Waals surface area contributed by atoms with E-state index < -0.39 is 65.9 Å². The number of carbonyl (C=O) groups excluding carboxylic acids is 1. The summed E-state index contributed by atoms with van der Waals surface area (Å²) in [5.41, 5.74) is -0.1000. The minimum absolute atomic E-state index is 0.154. The third kappa shape index (κ3) is 3.70. The van der Waals surface area contributed by atoms with Crippen LogP contribution < -0.4 is 4.74 Å². The molecule has 7 N–H and O–H groups in total. The fraction of sp³-hybridized carbons (Fsp3) is 0.381. The highest BCUT2D eigenvalue weighted by molar-refractivity contribution is 6.05. The van der Waals surface area contributed by atoms with Gasteiger partial charge in [-0.2, -0.15) is 0 Å². The molecule has 2 heterocycles. The zero-order chi connectivity index (χ0) is 23.3. The number of aliphatic hydroxyl groups is 3. The second-order valence-corrected chi connectivity index (χ2v) is 7.73. The monoisotopic (exact) mass is 450 g/mol. The Morgan fingerprint density at radius 2 is 1.59 bits per heavy atom. The lowest BCUT2D eigenvalue weighted by Gasteiger charge is -2.42. The molecular formula is C21H22O11. The van der Waals surface area contributed by atoms with Crippen LogP contribution in [-0.2, 0) is 9.47 Å². The maximum atomic E-state index is 13.3. The van der Waals surface area contributed by atoms with Gasteiger partial charge in [0.15, 0.2) is 30.0 Å². The Kier molecular flexibility index (Phi) is 5.61. The van der Waals surface area contributed by atoms with Crippen LogP contribution >= 0.6 is 0 Å². The summed E-state index contributed by atoms with van der Waals surface area (Å²) >= 11 is 0. The normalized spacial score (nSPS) is 32.2. The minimum atomic E-state index is -1.71. The fourth-order valence-corrected chi connectivity index (χ4v) is 3.77. The van der Waals surface area contributed by atoms with Crippen molar-refractivity contribution in [2.45, 2.75) is 49.8 Å². The van der Waals surface area contributed by atoms with Crippen molar-refractivity contribution in [3.05, 3.63) is 41.5 Å². The lowest BCUT2D eigenvalue weighted by molar-refractivity contribution is -0.304. The number of phenols is 4. The molecule has 11 heteroatoms. The molecule has 11 nitrogen and oxygen atoms in total. The first-order valence-electron chi connectivity index (χ1n) is 9.72. The molecule has 1 saturated heterocycles. The van der Waals surface area contributed by atoms with Crippen LogP contribution in [0.15, 0.2) is 30.3 Å². The number of hydrogen-bond donors (Lipinski definition) is 7. The highest BCUT2D eigenvalue weighted by Crippen LogP contribution is 2.44. The van der Waals surface area contributed by atoms with Gasteiger partial charge in [-0.15, -0.1) is 0 Å². The number of aromatic hydroxyl groups is 4. The topological polar surface area (TPSA) is 186 Å². The van der Waals surface area contributed by atoms with Crippen molar-refractivity contribution in [1.29, 1.82) is 0 Å². The summed E-state index contributed by atoms with van der Waals surface area (Å²) in [7, 11) is 0. The Balaban J connectivity index is 1.75. The molecule has 32 heavy (non-hydrogen) atoms. The number of aliphatic hydroxyl groups excluding tert-OH is 3. The third-order valence-corrected chi connectivity index (χ3v) is 5.52. The van der Waals surface area contributed by atoms with E-state index in [0.717, 1.165) is 18.2 Å². The molecule has 2 aliphatic rings. The lowest BCUT2D eigenvalue weighted by Crippen LogP contribution is -2.59. The SMILES string of the molecule is C[C@@H]1O[C@@H](O[C@H]2C(=O)c3c(O)cc(O)cc3O[C@@H]2c2ccc(O)c(O)c2)[C@@H](O)[C@@H](O)[C@H]1O. The number of rotatable bonds is 3. The van der Waals surface area contributed by atoms with Gasteiger partial charge >= 0.3 is 0 Å². The van der Waals surface area contributed by atoms with Crippen molar-refractivity contribution < 1.29 is 54.8 Å². The molecule has 0 spiro atoms. The summed E-state index contributed by atoms with van der Waals surface area (Å²) < 4.78 is 16.9. The van der Waals surface area contributed by atoms with Crippen molar-refractivity contribution in [3.63, 3.8) is 0 Å². The average Bonchev–Trinajstić information content (AvgIpc) is 2.73. The van der Waals surface area contributed by atoms with Crippen LogP contribution in [-0.4, -0.2) is 78.3 Å². The van der Waals surface area contributed by atoms with Crippen molar-refractivity contribution in [3.8, 4) is 28.7 Å². The van der Waals surface area contributed by atoms with Crippen molar-refractivity contribution >= 4 is 5.78 Å². The summed E-state index contributed by atoms with van der Waals surface area (Å²) in [4.78, 5) is 13.3. The molecule has 0 bridgehead atoms. The molecule has 0 unspecified atom stereocenters. The first-order valence-corrected chi connectivity index (χ1v) is 9.72. The van der Waals surface area contributed by atoms with Crippen LogP contribution in [0.3, 0.4) is 0 Å². The molecule has 7 atom stereocenters. The van der Waals surface area contributed by atoms with Crippen molar-refractivity contribution in [1.82, 2.24) is 0 Å². The fourth-order valence-electron chi connectivity index (χ4n) is 3.77. The van der Waals surface area contributed by atoms with E-state index in [1.165, 1.54) is 19.1 Å². The van der Waals surface area contributed by atoms with Gasteiger partial charge in [0, 0.05) is 12.1 Å². The third-order valence-electron chi connectivity index (χ3n) is 5.52. The van der Waals surface area contributed by atoms with Gasteiger partial charge in [-0.1, -0.05) is 6.07 Å². The van der Waals surface area contributed by atoms with Crippen LogP contribution in [0.5, 0.6) is 28.7 Å². The lowest BCUT2D eigenvalue weighted by atomic mass is 9.92. The molecule has 0 aromatic heterocycles. The van der Waals surface area contributed by atoms with Crippen molar-refractivity contribution in [2.24, 2.45) is 0 Å². The van der Waals surface area contributed by atoms with E-state index >= 15 is 0 Å². The molecule has 0 aliphatic carbocycles. The molecule has 0 radical (unpaired) electrons. The maximum Gasteiger partial charge on any atom is 0.203 e. The van der Waals surface area contributed by atoms with Gasteiger partial charge in [-0.25, -0.2) is 0 Å². The Morgan fingerprint density at radius 1 is 0.875 bits per heavy atom. The second-order valence-electron chi connectivity index (χ2n) is 7.73. The number of ketones is 1. The molecule has 4 rings (SSSR count). The number of ether oxygens (including phenoxy) is 3. The van der Waals surface area contributed by atoms with Crippen molar-refractivity contribution in [2.75, 3.05) is 0 Å².